The second-order valence-electron chi connectivity index (χ2n) is 4.86. The van der Waals surface area contributed by atoms with Crippen LogP contribution in [0.4, 0.5) is 10.5 Å². The molecular formula is C14H20N2OS. The SMILES string of the molecule is CSc1cccc(NC(=O)N2CCC[C@@H](C)C2)c1. The molecule has 18 heavy (non-hydrogen) atoms. The molecule has 3 nitrogen and oxygen atoms in total. The average molecular weight is 264 g/mol. The Morgan fingerprint density at radius 2 is 2.33 bits per heavy atom. The molecule has 4 heteroatoms. The highest BCUT2D eigenvalue weighted by Crippen LogP contribution is 2.20. The van der Waals surface area contributed by atoms with Gasteiger partial charge in [-0.05, 0) is 43.2 Å². The molecule has 1 N–H and O–H groups in total. The molecule has 1 atom stereocenters. The van der Waals surface area contributed by atoms with Crippen LogP contribution < -0.4 is 5.32 Å². The maximum atomic E-state index is 12.1. The van der Waals surface area contributed by atoms with Gasteiger partial charge in [-0.3, -0.25) is 0 Å². The molecule has 0 unspecified atom stereocenters. The summed E-state index contributed by atoms with van der Waals surface area (Å²) in [5, 5.41) is 2.98. The van der Waals surface area contributed by atoms with Crippen LogP contribution in [0.15, 0.2) is 29.2 Å². The zero-order chi connectivity index (χ0) is 13.0. The standard InChI is InChI=1S/C14H20N2OS/c1-11-5-4-8-16(10-11)14(17)15-12-6-3-7-13(9-12)18-2/h3,6-7,9,11H,4-5,8,10H2,1-2H3,(H,15,17)/t11-/m1/s1. The van der Waals surface area contributed by atoms with Crippen molar-refractivity contribution in [3.05, 3.63) is 24.3 Å². The van der Waals surface area contributed by atoms with Crippen LogP contribution in [0, 0.1) is 5.92 Å². The van der Waals surface area contributed by atoms with Crippen molar-refractivity contribution >= 4 is 23.5 Å². The number of carbonyl (C=O) groups is 1. The van der Waals surface area contributed by atoms with E-state index in [9.17, 15) is 4.79 Å². The Hall–Kier alpha value is -1.16. The maximum absolute atomic E-state index is 12.1. The van der Waals surface area contributed by atoms with Crippen molar-refractivity contribution in [3.63, 3.8) is 0 Å². The number of hydrogen-bond donors (Lipinski definition) is 1. The van der Waals surface area contributed by atoms with Crippen molar-refractivity contribution in [1.82, 2.24) is 4.90 Å². The number of carbonyl (C=O) groups excluding carboxylic acids is 1. The van der Waals surface area contributed by atoms with Crippen LogP contribution in [-0.4, -0.2) is 30.3 Å². The molecule has 2 rings (SSSR count). The van der Waals surface area contributed by atoms with E-state index in [0.717, 1.165) is 25.2 Å². The van der Waals surface area contributed by atoms with E-state index >= 15 is 0 Å². The van der Waals surface area contributed by atoms with Gasteiger partial charge in [0.05, 0.1) is 0 Å². The van der Waals surface area contributed by atoms with Crippen molar-refractivity contribution in [2.75, 3.05) is 24.7 Å². The first-order valence-electron chi connectivity index (χ1n) is 6.39. The number of thioether (sulfide) groups is 1. The molecular weight excluding hydrogens is 244 g/mol. The fourth-order valence-corrected chi connectivity index (χ4v) is 2.74. The lowest BCUT2D eigenvalue weighted by Crippen LogP contribution is -2.41. The van der Waals surface area contributed by atoms with Gasteiger partial charge in [-0.15, -0.1) is 11.8 Å². The van der Waals surface area contributed by atoms with Crippen molar-refractivity contribution in [2.45, 2.75) is 24.7 Å². The van der Waals surface area contributed by atoms with E-state index < -0.39 is 0 Å². The minimum absolute atomic E-state index is 0.0276. The van der Waals surface area contributed by atoms with Gasteiger partial charge in [0, 0.05) is 23.7 Å². The third-order valence-electron chi connectivity index (χ3n) is 3.27. The molecule has 1 aromatic carbocycles. The van der Waals surface area contributed by atoms with Crippen LogP contribution in [0.1, 0.15) is 19.8 Å². The highest BCUT2D eigenvalue weighted by Gasteiger charge is 2.20. The number of likely N-dealkylation sites (tertiary alicyclic amines) is 1. The van der Waals surface area contributed by atoms with Gasteiger partial charge < -0.3 is 10.2 Å². The molecule has 1 fully saturated rings. The number of anilines is 1. The fourth-order valence-electron chi connectivity index (χ4n) is 2.28. The van der Waals surface area contributed by atoms with Crippen LogP contribution in [0.3, 0.4) is 0 Å². The summed E-state index contributed by atoms with van der Waals surface area (Å²) < 4.78 is 0. The molecule has 0 aromatic heterocycles. The molecule has 0 aliphatic carbocycles. The summed E-state index contributed by atoms with van der Waals surface area (Å²) in [6.45, 7) is 3.94. The highest BCUT2D eigenvalue weighted by atomic mass is 32.2. The molecule has 0 radical (unpaired) electrons. The summed E-state index contributed by atoms with van der Waals surface area (Å²) in [5.41, 5.74) is 0.880. The van der Waals surface area contributed by atoms with E-state index in [1.54, 1.807) is 11.8 Å². The van der Waals surface area contributed by atoms with Crippen LogP contribution in [0.2, 0.25) is 0 Å². The lowest BCUT2D eigenvalue weighted by molar-refractivity contribution is 0.182. The van der Waals surface area contributed by atoms with Gasteiger partial charge in [0.25, 0.3) is 0 Å². The van der Waals surface area contributed by atoms with Crippen molar-refractivity contribution in [2.24, 2.45) is 5.92 Å². The molecule has 0 saturated carbocycles. The Labute approximate surface area is 113 Å². The summed E-state index contributed by atoms with van der Waals surface area (Å²) in [6, 6.07) is 7.99. The predicted octanol–water partition coefficient (Wildman–Crippen LogP) is 3.67. The van der Waals surface area contributed by atoms with Crippen molar-refractivity contribution < 1.29 is 4.79 Å². The molecule has 1 heterocycles. The Morgan fingerprint density at radius 1 is 1.50 bits per heavy atom. The topological polar surface area (TPSA) is 32.3 Å². The summed E-state index contributed by atoms with van der Waals surface area (Å²) in [6.07, 6.45) is 4.37. The van der Waals surface area contributed by atoms with Gasteiger partial charge in [0.1, 0.15) is 0 Å². The molecule has 98 valence electrons. The summed E-state index contributed by atoms with van der Waals surface area (Å²) >= 11 is 1.68. The van der Waals surface area contributed by atoms with E-state index in [0.29, 0.717) is 5.92 Å². The Bertz CT molecular complexity index is 422. The predicted molar refractivity (Wildman–Crippen MR) is 77.2 cm³/mol. The molecule has 0 spiro atoms. The van der Waals surface area contributed by atoms with Crippen molar-refractivity contribution in [3.8, 4) is 0 Å². The number of urea groups is 1. The maximum Gasteiger partial charge on any atom is 0.321 e. The number of piperidine rings is 1. The lowest BCUT2D eigenvalue weighted by atomic mass is 10.0. The molecule has 1 saturated heterocycles. The normalized spacial score (nSPS) is 19.7. The highest BCUT2D eigenvalue weighted by molar-refractivity contribution is 7.98. The number of benzene rings is 1. The minimum Gasteiger partial charge on any atom is -0.324 e. The molecule has 2 amide bonds. The van der Waals surface area contributed by atoms with Gasteiger partial charge in [-0.2, -0.15) is 0 Å². The largest absolute Gasteiger partial charge is 0.324 e. The molecule has 0 bridgehead atoms. The van der Waals surface area contributed by atoms with Crippen molar-refractivity contribution in [1.29, 1.82) is 0 Å². The van der Waals surface area contributed by atoms with Gasteiger partial charge >= 0.3 is 6.03 Å². The number of hydrogen-bond acceptors (Lipinski definition) is 2. The Morgan fingerprint density at radius 3 is 3.06 bits per heavy atom. The van der Waals surface area contributed by atoms with Gasteiger partial charge in [-0.25, -0.2) is 4.79 Å². The lowest BCUT2D eigenvalue weighted by Gasteiger charge is -2.30. The zero-order valence-corrected chi connectivity index (χ0v) is 11.8. The van der Waals surface area contributed by atoms with Crippen LogP contribution in [-0.2, 0) is 0 Å². The third kappa shape index (κ3) is 3.42. The monoisotopic (exact) mass is 264 g/mol. The smallest absolute Gasteiger partial charge is 0.321 e. The van der Waals surface area contributed by atoms with Gasteiger partial charge in [0.2, 0.25) is 0 Å². The van der Waals surface area contributed by atoms with E-state index in [1.165, 1.54) is 11.3 Å². The number of rotatable bonds is 2. The first-order valence-corrected chi connectivity index (χ1v) is 7.61. The summed E-state index contributed by atoms with van der Waals surface area (Å²) in [5.74, 6) is 0.613. The summed E-state index contributed by atoms with van der Waals surface area (Å²) in [7, 11) is 0. The quantitative estimate of drug-likeness (QED) is 0.827. The molecule has 1 aliphatic rings. The zero-order valence-electron chi connectivity index (χ0n) is 11.0. The second kappa shape index (κ2) is 6.14. The number of nitrogens with one attached hydrogen (secondary N) is 1. The number of amides is 2. The molecule has 1 aliphatic heterocycles. The van der Waals surface area contributed by atoms with Crippen LogP contribution in [0.25, 0.3) is 0 Å². The molecule has 1 aromatic rings. The second-order valence-corrected chi connectivity index (χ2v) is 5.74. The van der Waals surface area contributed by atoms with Crippen LogP contribution >= 0.6 is 11.8 Å². The Balaban J connectivity index is 1.97. The number of nitrogens with zero attached hydrogens (tertiary/aromatic N) is 1. The van der Waals surface area contributed by atoms with Gasteiger partial charge in [0.15, 0.2) is 0 Å². The minimum atomic E-state index is 0.0276. The van der Waals surface area contributed by atoms with Crippen LogP contribution in [0.5, 0.6) is 0 Å². The third-order valence-corrected chi connectivity index (χ3v) is 3.99. The van der Waals surface area contributed by atoms with E-state index in [4.69, 9.17) is 0 Å². The van der Waals surface area contributed by atoms with Gasteiger partial charge in [-0.1, -0.05) is 13.0 Å². The Kier molecular flexibility index (Phi) is 4.53. The van der Waals surface area contributed by atoms with E-state index in [1.807, 2.05) is 35.4 Å². The first-order chi connectivity index (χ1) is 8.69. The van der Waals surface area contributed by atoms with E-state index in [2.05, 4.69) is 12.2 Å². The fraction of sp³-hybridized carbons (Fsp3) is 0.500. The summed E-state index contributed by atoms with van der Waals surface area (Å²) in [4.78, 5) is 15.2. The average Bonchev–Trinajstić information content (AvgIpc) is 2.39. The first kappa shape index (κ1) is 13.3. The van der Waals surface area contributed by atoms with E-state index in [-0.39, 0.29) is 6.03 Å².